The van der Waals surface area contributed by atoms with Gasteiger partial charge in [0, 0.05) is 41.3 Å². The van der Waals surface area contributed by atoms with Gasteiger partial charge in [0.15, 0.2) is 17.7 Å². The summed E-state index contributed by atoms with van der Waals surface area (Å²) in [6, 6.07) is 16.2. The molecule has 300 valence electrons. The standard InChI is InChI=1S/C42H39F2N5O9/c1-53-35-17-25(4-9-34(35)57-15-13-55-23-29-22-54-12-14-56-29)26-16-31(40(45)46-19-26)30-8-7-28(18-33(30)44)47-41(51)32-20-48-21-36-49(10-11-58-36)42(52)38(48)37(39(32)50)24-2-5-27(43)6-3-24/h2-9,16-20,29,36H,10-15,21-23H2,1H3,(H2,45,46)(H,47,51). The van der Waals surface area contributed by atoms with Crippen LogP contribution >= 0.6 is 0 Å². The molecule has 2 amide bonds. The number of hydrogen-bond acceptors (Lipinski definition) is 11. The average Bonchev–Trinajstić information content (AvgIpc) is 3.71. The number of rotatable bonds is 12. The minimum atomic E-state index is -0.834. The van der Waals surface area contributed by atoms with E-state index in [0.29, 0.717) is 74.4 Å². The minimum absolute atomic E-state index is 0.0472. The number of nitrogens with zero attached hydrogens (tertiary/aromatic N) is 3. The van der Waals surface area contributed by atoms with Crippen LogP contribution in [0.3, 0.4) is 0 Å². The van der Waals surface area contributed by atoms with Crippen molar-refractivity contribution in [1.29, 1.82) is 0 Å². The summed E-state index contributed by atoms with van der Waals surface area (Å²) in [7, 11) is 1.52. The quantitative estimate of drug-likeness (QED) is 0.164. The van der Waals surface area contributed by atoms with Crippen LogP contribution in [0.15, 0.2) is 83.9 Å². The molecular weight excluding hydrogens is 756 g/mol. The molecule has 14 nitrogen and oxygen atoms in total. The second-order valence-corrected chi connectivity index (χ2v) is 13.7. The summed E-state index contributed by atoms with van der Waals surface area (Å²) in [4.78, 5) is 47.1. The number of benzene rings is 3. The zero-order valence-electron chi connectivity index (χ0n) is 31.4. The van der Waals surface area contributed by atoms with Gasteiger partial charge in [-0.1, -0.05) is 18.2 Å². The topological polar surface area (TPSA) is 166 Å². The van der Waals surface area contributed by atoms with Gasteiger partial charge in [0.25, 0.3) is 11.8 Å². The molecule has 0 spiro atoms. The summed E-state index contributed by atoms with van der Waals surface area (Å²) in [5.41, 5.74) is 7.31. The molecule has 5 heterocycles. The number of hydrogen-bond donors (Lipinski definition) is 2. The van der Waals surface area contributed by atoms with Gasteiger partial charge in [0.1, 0.15) is 41.4 Å². The van der Waals surface area contributed by atoms with Gasteiger partial charge < -0.3 is 48.9 Å². The molecule has 0 saturated carbocycles. The first-order valence-corrected chi connectivity index (χ1v) is 18.6. The predicted octanol–water partition coefficient (Wildman–Crippen LogP) is 4.99. The molecule has 2 saturated heterocycles. The Morgan fingerprint density at radius 3 is 2.53 bits per heavy atom. The van der Waals surface area contributed by atoms with Crippen molar-refractivity contribution in [2.75, 3.05) is 71.0 Å². The predicted molar refractivity (Wildman–Crippen MR) is 208 cm³/mol. The van der Waals surface area contributed by atoms with Crippen LogP contribution in [0.5, 0.6) is 11.5 Å². The molecule has 0 aliphatic carbocycles. The Bertz CT molecular complexity index is 2420. The molecule has 2 aromatic heterocycles. The number of aromatic nitrogens is 2. The van der Waals surface area contributed by atoms with Crippen molar-refractivity contribution < 1.29 is 46.8 Å². The summed E-state index contributed by atoms with van der Waals surface area (Å²) in [5, 5.41) is 2.61. The second kappa shape index (κ2) is 16.7. The van der Waals surface area contributed by atoms with Crippen LogP contribution in [0.25, 0.3) is 33.4 Å². The number of methoxy groups -OCH3 is 1. The van der Waals surface area contributed by atoms with Crippen LogP contribution in [0.2, 0.25) is 0 Å². The zero-order chi connectivity index (χ0) is 40.3. The van der Waals surface area contributed by atoms with Crippen molar-refractivity contribution in [2.24, 2.45) is 0 Å². The number of nitrogen functional groups attached to an aromatic ring is 1. The number of nitrogens with one attached hydrogen (secondary N) is 1. The van der Waals surface area contributed by atoms with E-state index >= 15 is 4.39 Å². The number of carbonyl (C=O) groups excluding carboxylic acids is 2. The Kier molecular flexibility index (Phi) is 11.1. The summed E-state index contributed by atoms with van der Waals surface area (Å²) in [6.07, 6.45) is 2.19. The van der Waals surface area contributed by atoms with Crippen molar-refractivity contribution in [2.45, 2.75) is 18.9 Å². The van der Waals surface area contributed by atoms with Gasteiger partial charge in [-0.3, -0.25) is 14.4 Å². The lowest BCUT2D eigenvalue weighted by atomic mass is 9.98. The zero-order valence-corrected chi connectivity index (χ0v) is 31.4. The first-order chi connectivity index (χ1) is 28.2. The molecule has 16 heteroatoms. The summed E-state index contributed by atoms with van der Waals surface area (Å²) in [5.74, 6) is -1.47. The Labute approximate surface area is 331 Å². The maximum Gasteiger partial charge on any atom is 0.273 e. The Balaban J connectivity index is 1.00. The molecule has 3 aliphatic heterocycles. The lowest BCUT2D eigenvalue weighted by molar-refractivity contribution is -0.116. The highest BCUT2D eigenvalue weighted by atomic mass is 19.1. The maximum atomic E-state index is 15.9. The highest BCUT2D eigenvalue weighted by Gasteiger charge is 2.39. The van der Waals surface area contributed by atoms with E-state index in [2.05, 4.69) is 10.3 Å². The van der Waals surface area contributed by atoms with Gasteiger partial charge in [0.05, 0.1) is 58.9 Å². The van der Waals surface area contributed by atoms with Crippen LogP contribution in [-0.2, 0) is 25.5 Å². The number of halogens is 2. The van der Waals surface area contributed by atoms with Gasteiger partial charge in [-0.2, -0.15) is 0 Å². The fraction of sp³-hybridized carbons (Fsp3) is 0.286. The van der Waals surface area contributed by atoms with Crippen LogP contribution < -0.4 is 26.0 Å². The van der Waals surface area contributed by atoms with Gasteiger partial charge in [-0.05, 0) is 59.7 Å². The van der Waals surface area contributed by atoms with Crippen LogP contribution in [0.4, 0.5) is 20.3 Å². The van der Waals surface area contributed by atoms with E-state index in [4.69, 9.17) is 34.2 Å². The molecule has 5 aromatic rings. The highest BCUT2D eigenvalue weighted by molar-refractivity contribution is 6.07. The highest BCUT2D eigenvalue weighted by Crippen LogP contribution is 2.36. The first kappa shape index (κ1) is 38.7. The van der Waals surface area contributed by atoms with E-state index in [1.807, 2.05) is 6.07 Å². The van der Waals surface area contributed by atoms with Crippen LogP contribution in [0.1, 0.15) is 20.8 Å². The Morgan fingerprint density at radius 1 is 0.931 bits per heavy atom. The van der Waals surface area contributed by atoms with Gasteiger partial charge >= 0.3 is 0 Å². The fourth-order valence-electron chi connectivity index (χ4n) is 7.18. The first-order valence-electron chi connectivity index (χ1n) is 18.6. The van der Waals surface area contributed by atoms with E-state index in [1.165, 1.54) is 59.2 Å². The van der Waals surface area contributed by atoms with Crippen LogP contribution in [-0.4, -0.2) is 98.5 Å². The Hall–Kier alpha value is -6.20. The smallest absolute Gasteiger partial charge is 0.273 e. The SMILES string of the molecule is COc1cc(-c2cnc(N)c(-c3ccc(NC(=O)c4cn5c(c(-c6ccc(F)cc6)c4=O)C(=O)N4CCOC4C5)cc3F)c2)ccc1OCCOCC1COCCO1. The molecule has 3 N–H and O–H groups in total. The second-order valence-electron chi connectivity index (χ2n) is 13.7. The van der Waals surface area contributed by atoms with Crippen molar-refractivity contribution >= 4 is 23.3 Å². The molecule has 58 heavy (non-hydrogen) atoms. The third-order valence-corrected chi connectivity index (χ3v) is 10.1. The van der Waals surface area contributed by atoms with E-state index in [1.54, 1.807) is 24.4 Å². The van der Waals surface area contributed by atoms with Crippen molar-refractivity contribution in [3.05, 3.63) is 112 Å². The van der Waals surface area contributed by atoms with Gasteiger partial charge in [0.2, 0.25) is 5.43 Å². The minimum Gasteiger partial charge on any atom is -0.493 e. The van der Waals surface area contributed by atoms with E-state index in [0.717, 1.165) is 6.07 Å². The van der Waals surface area contributed by atoms with E-state index in [9.17, 15) is 18.8 Å². The maximum absolute atomic E-state index is 15.9. The third-order valence-electron chi connectivity index (χ3n) is 10.1. The number of fused-ring (bicyclic) bond motifs is 2. The number of pyridine rings is 2. The number of nitrogens with two attached hydrogens (primary N) is 1. The molecule has 2 atom stereocenters. The molecule has 2 unspecified atom stereocenters. The van der Waals surface area contributed by atoms with E-state index in [-0.39, 0.29) is 58.7 Å². The summed E-state index contributed by atoms with van der Waals surface area (Å²) < 4.78 is 65.1. The van der Waals surface area contributed by atoms with Crippen molar-refractivity contribution in [1.82, 2.24) is 14.5 Å². The normalized spacial score (nSPS) is 17.4. The fourth-order valence-corrected chi connectivity index (χ4v) is 7.18. The third kappa shape index (κ3) is 7.86. The van der Waals surface area contributed by atoms with E-state index < -0.39 is 35.1 Å². The molecule has 3 aromatic carbocycles. The monoisotopic (exact) mass is 795 g/mol. The lowest BCUT2D eigenvalue weighted by Gasteiger charge is -2.32. The molecule has 8 rings (SSSR count). The Morgan fingerprint density at radius 2 is 1.76 bits per heavy atom. The average molecular weight is 796 g/mol. The molecule has 0 bridgehead atoms. The van der Waals surface area contributed by atoms with Crippen molar-refractivity contribution in [3.63, 3.8) is 0 Å². The number of amides is 2. The van der Waals surface area contributed by atoms with Crippen LogP contribution in [0, 0.1) is 11.6 Å². The summed E-state index contributed by atoms with van der Waals surface area (Å²) >= 11 is 0. The summed E-state index contributed by atoms with van der Waals surface area (Å²) in [6.45, 7) is 3.50. The molecule has 3 aliphatic rings. The lowest BCUT2D eigenvalue weighted by Crippen LogP contribution is -2.46. The number of anilines is 2. The molecule has 2 fully saturated rings. The number of ether oxygens (including phenoxy) is 6. The van der Waals surface area contributed by atoms with Crippen molar-refractivity contribution in [3.8, 4) is 44.9 Å². The van der Waals surface area contributed by atoms with Gasteiger partial charge in [-0.15, -0.1) is 0 Å². The van der Waals surface area contributed by atoms with Gasteiger partial charge in [-0.25, -0.2) is 13.8 Å². The molecular formula is C42H39F2N5O9. The molecule has 0 radical (unpaired) electrons. The number of carbonyl (C=O) groups is 2. The largest absolute Gasteiger partial charge is 0.493 e.